The van der Waals surface area contributed by atoms with Crippen molar-refractivity contribution in [2.75, 3.05) is 7.11 Å². The Morgan fingerprint density at radius 3 is 2.29 bits per heavy atom. The summed E-state index contributed by atoms with van der Waals surface area (Å²) in [6.07, 6.45) is -1.30. The molecule has 4 heteroatoms. The van der Waals surface area contributed by atoms with E-state index in [-0.39, 0.29) is 0 Å². The number of hydrogen-bond acceptors (Lipinski definition) is 1. The summed E-state index contributed by atoms with van der Waals surface area (Å²) in [5.41, 5.74) is 0.353. The number of halogens is 3. The molecule has 17 heavy (non-hydrogen) atoms. The van der Waals surface area contributed by atoms with Crippen LogP contribution >= 0.6 is 0 Å². The standard InChI is InChI=1S/C13H11F3O/c1-17-10-7-5-9(6-8-10)11-3-2-4-12(11)13(14,15)16/h2,4-8H,3H2,1H3. The molecule has 0 saturated carbocycles. The number of methoxy groups -OCH3 is 1. The predicted octanol–water partition coefficient (Wildman–Crippen LogP) is 3.97. The molecule has 90 valence electrons. The molecule has 0 saturated heterocycles. The Morgan fingerprint density at radius 2 is 1.76 bits per heavy atom. The number of benzene rings is 1. The van der Waals surface area contributed by atoms with Crippen LogP contribution in [0.5, 0.6) is 5.75 Å². The van der Waals surface area contributed by atoms with Crippen LogP contribution in [0, 0.1) is 0 Å². The lowest BCUT2D eigenvalue weighted by Crippen LogP contribution is -2.10. The zero-order valence-corrected chi connectivity index (χ0v) is 9.21. The molecule has 0 aromatic heterocycles. The van der Waals surface area contributed by atoms with Crippen LogP contribution in [0.3, 0.4) is 0 Å². The van der Waals surface area contributed by atoms with Gasteiger partial charge in [-0.15, -0.1) is 0 Å². The summed E-state index contributed by atoms with van der Waals surface area (Å²) in [4.78, 5) is 0. The molecule has 2 rings (SSSR count). The molecule has 0 aliphatic heterocycles. The third-order valence-electron chi connectivity index (χ3n) is 2.68. The number of ether oxygens (including phenoxy) is 1. The van der Waals surface area contributed by atoms with Gasteiger partial charge in [-0.05, 0) is 29.7 Å². The first-order valence-electron chi connectivity index (χ1n) is 5.13. The third kappa shape index (κ3) is 2.35. The molecule has 0 fully saturated rings. The summed E-state index contributed by atoms with van der Waals surface area (Å²) in [7, 11) is 1.52. The van der Waals surface area contributed by atoms with Crippen LogP contribution in [-0.4, -0.2) is 13.3 Å². The van der Waals surface area contributed by atoms with Crippen LogP contribution in [0.2, 0.25) is 0 Å². The maximum atomic E-state index is 12.7. The van der Waals surface area contributed by atoms with Crippen molar-refractivity contribution in [3.8, 4) is 5.75 Å². The van der Waals surface area contributed by atoms with E-state index in [1.54, 1.807) is 24.3 Å². The molecule has 1 nitrogen and oxygen atoms in total. The molecule has 1 aliphatic rings. The molecule has 1 aliphatic carbocycles. The van der Waals surface area contributed by atoms with Gasteiger partial charge in [0, 0.05) is 0 Å². The fraction of sp³-hybridized carbons (Fsp3) is 0.231. The maximum Gasteiger partial charge on any atom is 0.416 e. The summed E-state index contributed by atoms with van der Waals surface area (Å²) in [5.74, 6) is 0.633. The molecule has 0 atom stereocenters. The van der Waals surface area contributed by atoms with E-state index in [9.17, 15) is 13.2 Å². The minimum absolute atomic E-state index is 0.320. The fourth-order valence-corrected chi connectivity index (χ4v) is 1.84. The van der Waals surface area contributed by atoms with E-state index in [1.807, 2.05) is 0 Å². The Labute approximate surface area is 97.2 Å². The van der Waals surface area contributed by atoms with Crippen molar-refractivity contribution >= 4 is 5.57 Å². The van der Waals surface area contributed by atoms with Gasteiger partial charge in [0.2, 0.25) is 0 Å². The minimum atomic E-state index is -4.29. The molecule has 0 N–H and O–H groups in total. The Bertz CT molecular complexity index is 466. The lowest BCUT2D eigenvalue weighted by atomic mass is 10.0. The largest absolute Gasteiger partial charge is 0.497 e. The van der Waals surface area contributed by atoms with Gasteiger partial charge in [-0.2, -0.15) is 13.2 Å². The molecule has 0 heterocycles. The monoisotopic (exact) mass is 240 g/mol. The van der Waals surface area contributed by atoms with Crippen molar-refractivity contribution in [1.82, 2.24) is 0 Å². The van der Waals surface area contributed by atoms with Crippen LogP contribution in [-0.2, 0) is 0 Å². The number of rotatable bonds is 2. The van der Waals surface area contributed by atoms with E-state index in [2.05, 4.69) is 0 Å². The number of hydrogen-bond donors (Lipinski definition) is 0. The minimum Gasteiger partial charge on any atom is -0.497 e. The topological polar surface area (TPSA) is 9.23 Å². The van der Waals surface area contributed by atoms with Crippen LogP contribution < -0.4 is 4.74 Å². The molecular weight excluding hydrogens is 229 g/mol. The Morgan fingerprint density at radius 1 is 1.12 bits per heavy atom. The second kappa shape index (κ2) is 4.28. The Hall–Kier alpha value is -1.71. The normalized spacial score (nSPS) is 15.5. The first-order valence-corrected chi connectivity index (χ1v) is 5.13. The van der Waals surface area contributed by atoms with E-state index >= 15 is 0 Å². The van der Waals surface area contributed by atoms with Gasteiger partial charge in [-0.25, -0.2) is 0 Å². The van der Waals surface area contributed by atoms with Gasteiger partial charge in [0.25, 0.3) is 0 Å². The van der Waals surface area contributed by atoms with Crippen LogP contribution in [0.4, 0.5) is 13.2 Å². The van der Waals surface area contributed by atoms with Crippen molar-refractivity contribution in [3.63, 3.8) is 0 Å². The van der Waals surface area contributed by atoms with E-state index in [0.717, 1.165) is 6.08 Å². The van der Waals surface area contributed by atoms with E-state index in [1.165, 1.54) is 13.2 Å². The van der Waals surface area contributed by atoms with Gasteiger partial charge in [-0.1, -0.05) is 24.3 Å². The van der Waals surface area contributed by atoms with Gasteiger partial charge in [0.15, 0.2) is 0 Å². The molecule has 1 aromatic carbocycles. The summed E-state index contributed by atoms with van der Waals surface area (Å²) < 4.78 is 43.1. The molecule has 0 radical (unpaired) electrons. The molecule has 0 spiro atoms. The maximum absolute atomic E-state index is 12.7. The molecule has 0 unspecified atom stereocenters. The third-order valence-corrected chi connectivity index (χ3v) is 2.68. The second-order valence-electron chi connectivity index (χ2n) is 3.72. The quantitative estimate of drug-likeness (QED) is 0.760. The van der Waals surface area contributed by atoms with Crippen molar-refractivity contribution in [3.05, 3.63) is 47.6 Å². The summed E-state index contributed by atoms with van der Waals surface area (Å²) in [6.45, 7) is 0. The van der Waals surface area contributed by atoms with Crippen LogP contribution in [0.25, 0.3) is 5.57 Å². The molecular formula is C13H11F3O. The Kier molecular flexibility index (Phi) is 2.96. The predicted molar refractivity (Wildman–Crippen MR) is 59.7 cm³/mol. The summed E-state index contributed by atoms with van der Waals surface area (Å²) >= 11 is 0. The highest BCUT2D eigenvalue weighted by atomic mass is 19.4. The lowest BCUT2D eigenvalue weighted by molar-refractivity contribution is -0.0874. The first kappa shape index (κ1) is 11.8. The van der Waals surface area contributed by atoms with E-state index < -0.39 is 11.7 Å². The van der Waals surface area contributed by atoms with Crippen LogP contribution in [0.15, 0.2) is 42.0 Å². The first-order chi connectivity index (χ1) is 8.02. The lowest BCUT2D eigenvalue weighted by Gasteiger charge is -2.11. The van der Waals surface area contributed by atoms with Crippen molar-refractivity contribution in [1.29, 1.82) is 0 Å². The highest BCUT2D eigenvalue weighted by molar-refractivity contribution is 5.76. The van der Waals surface area contributed by atoms with E-state index in [4.69, 9.17) is 4.74 Å². The van der Waals surface area contributed by atoms with Gasteiger partial charge >= 0.3 is 6.18 Å². The molecule has 0 amide bonds. The van der Waals surface area contributed by atoms with Crippen molar-refractivity contribution < 1.29 is 17.9 Å². The molecule has 1 aromatic rings. The van der Waals surface area contributed by atoms with Crippen molar-refractivity contribution in [2.24, 2.45) is 0 Å². The van der Waals surface area contributed by atoms with Gasteiger partial charge < -0.3 is 4.74 Å². The molecule has 0 bridgehead atoms. The Balaban J connectivity index is 2.39. The number of alkyl halides is 3. The zero-order chi connectivity index (χ0) is 12.5. The van der Waals surface area contributed by atoms with Crippen LogP contribution in [0.1, 0.15) is 12.0 Å². The van der Waals surface area contributed by atoms with Gasteiger partial charge in [-0.3, -0.25) is 0 Å². The number of allylic oxidation sites excluding steroid dienone is 4. The zero-order valence-electron chi connectivity index (χ0n) is 9.21. The SMILES string of the molecule is COc1ccc(C2=C(C(F)(F)F)C=CC2)cc1. The fourth-order valence-electron chi connectivity index (χ4n) is 1.84. The van der Waals surface area contributed by atoms with Crippen molar-refractivity contribution in [2.45, 2.75) is 12.6 Å². The summed E-state index contributed by atoms with van der Waals surface area (Å²) in [6, 6.07) is 6.61. The highest BCUT2D eigenvalue weighted by Gasteiger charge is 2.36. The summed E-state index contributed by atoms with van der Waals surface area (Å²) in [5, 5.41) is 0. The van der Waals surface area contributed by atoms with E-state index in [0.29, 0.717) is 23.3 Å². The van der Waals surface area contributed by atoms with Gasteiger partial charge in [0.1, 0.15) is 5.75 Å². The smallest absolute Gasteiger partial charge is 0.416 e. The van der Waals surface area contributed by atoms with Gasteiger partial charge in [0.05, 0.1) is 12.7 Å². The average Bonchev–Trinajstić information content (AvgIpc) is 2.78. The second-order valence-corrected chi connectivity index (χ2v) is 3.72. The highest BCUT2D eigenvalue weighted by Crippen LogP contribution is 2.39. The average molecular weight is 240 g/mol.